The van der Waals surface area contributed by atoms with Crippen LogP contribution in [0.3, 0.4) is 0 Å². The molecule has 0 aliphatic carbocycles. The SMILES string of the molecule is N/C(=N\N(N)CCO)c1ccccc1Nc1ccc(Cl)cc1. The fraction of sp³-hybridized carbons (Fsp3) is 0.133. The lowest BCUT2D eigenvalue weighted by Crippen LogP contribution is -2.32. The van der Waals surface area contributed by atoms with Gasteiger partial charge in [0, 0.05) is 22.0 Å². The van der Waals surface area contributed by atoms with Crippen LogP contribution in [0.1, 0.15) is 5.56 Å². The van der Waals surface area contributed by atoms with Gasteiger partial charge in [0.25, 0.3) is 0 Å². The third-order valence-electron chi connectivity index (χ3n) is 2.89. The number of aliphatic hydroxyl groups is 1. The third kappa shape index (κ3) is 4.36. The Morgan fingerprint density at radius 2 is 1.86 bits per heavy atom. The number of hydrogen-bond acceptors (Lipinski definition) is 5. The van der Waals surface area contributed by atoms with Gasteiger partial charge < -0.3 is 16.2 Å². The quantitative estimate of drug-likeness (QED) is 0.282. The molecular weight excluding hydrogens is 302 g/mol. The topological polar surface area (TPSA) is 99.9 Å². The molecule has 0 bridgehead atoms. The van der Waals surface area contributed by atoms with Crippen LogP contribution in [0.25, 0.3) is 0 Å². The van der Waals surface area contributed by atoms with Crippen LogP contribution in [0.2, 0.25) is 5.02 Å². The van der Waals surface area contributed by atoms with Crippen LogP contribution >= 0.6 is 11.6 Å². The van der Waals surface area contributed by atoms with Crippen molar-refractivity contribution in [2.75, 3.05) is 18.5 Å². The molecule has 0 aliphatic heterocycles. The first-order valence-electron chi connectivity index (χ1n) is 6.69. The maximum Gasteiger partial charge on any atom is 0.154 e. The van der Waals surface area contributed by atoms with E-state index in [2.05, 4.69) is 10.4 Å². The molecule has 0 aliphatic rings. The van der Waals surface area contributed by atoms with Crippen molar-refractivity contribution in [2.45, 2.75) is 0 Å². The zero-order chi connectivity index (χ0) is 15.9. The van der Waals surface area contributed by atoms with Gasteiger partial charge in [-0.25, -0.2) is 11.0 Å². The van der Waals surface area contributed by atoms with Crippen LogP contribution in [0.5, 0.6) is 0 Å². The number of amidine groups is 1. The molecule has 2 rings (SSSR count). The fourth-order valence-electron chi connectivity index (χ4n) is 1.85. The van der Waals surface area contributed by atoms with E-state index in [1.165, 1.54) is 0 Å². The molecule has 0 saturated heterocycles. The van der Waals surface area contributed by atoms with Crippen LogP contribution in [0.15, 0.2) is 53.6 Å². The number of para-hydroxylation sites is 1. The van der Waals surface area contributed by atoms with E-state index in [1.54, 1.807) is 12.1 Å². The summed E-state index contributed by atoms with van der Waals surface area (Å²) in [5.74, 6) is 5.87. The van der Waals surface area contributed by atoms with E-state index in [-0.39, 0.29) is 19.0 Å². The van der Waals surface area contributed by atoms with Gasteiger partial charge in [0.1, 0.15) is 0 Å². The number of nitrogens with two attached hydrogens (primary N) is 2. The predicted molar refractivity (Wildman–Crippen MR) is 89.9 cm³/mol. The first-order chi connectivity index (χ1) is 10.6. The number of hydrogen-bond donors (Lipinski definition) is 4. The van der Waals surface area contributed by atoms with Crippen molar-refractivity contribution in [3.63, 3.8) is 0 Å². The lowest BCUT2D eigenvalue weighted by Gasteiger charge is -2.15. The number of benzene rings is 2. The normalized spacial score (nSPS) is 11.3. The maximum atomic E-state index is 8.84. The van der Waals surface area contributed by atoms with E-state index in [1.807, 2.05) is 36.4 Å². The molecule has 0 fully saturated rings. The molecule has 0 spiro atoms. The van der Waals surface area contributed by atoms with Gasteiger partial charge in [0.2, 0.25) is 0 Å². The second-order valence-electron chi connectivity index (χ2n) is 4.55. The summed E-state index contributed by atoms with van der Waals surface area (Å²) in [6.07, 6.45) is 0. The molecule has 0 unspecified atom stereocenters. The minimum atomic E-state index is -0.0993. The van der Waals surface area contributed by atoms with E-state index in [4.69, 9.17) is 28.3 Å². The van der Waals surface area contributed by atoms with Gasteiger partial charge >= 0.3 is 0 Å². The third-order valence-corrected chi connectivity index (χ3v) is 3.14. The lowest BCUT2D eigenvalue weighted by molar-refractivity contribution is 0.204. The highest BCUT2D eigenvalue weighted by Gasteiger charge is 2.07. The highest BCUT2D eigenvalue weighted by atomic mass is 35.5. The summed E-state index contributed by atoms with van der Waals surface area (Å²) in [5, 5.41) is 17.9. The molecule has 2 aromatic rings. The number of aliphatic hydroxyl groups excluding tert-OH is 1. The van der Waals surface area contributed by atoms with Gasteiger partial charge in [0.15, 0.2) is 5.84 Å². The Kier molecular flexibility index (Phi) is 5.60. The summed E-state index contributed by atoms with van der Waals surface area (Å²) in [7, 11) is 0. The van der Waals surface area contributed by atoms with Crippen LogP contribution in [0.4, 0.5) is 11.4 Å². The Balaban J connectivity index is 2.24. The molecular formula is C15H18ClN5O. The number of halogens is 1. The molecule has 0 heterocycles. The molecule has 6 nitrogen and oxygen atoms in total. The Bertz CT molecular complexity index is 645. The Labute approximate surface area is 134 Å². The van der Waals surface area contributed by atoms with Gasteiger partial charge in [-0.1, -0.05) is 23.7 Å². The first-order valence-corrected chi connectivity index (χ1v) is 7.07. The van der Waals surface area contributed by atoms with Crippen LogP contribution in [0, 0.1) is 0 Å². The van der Waals surface area contributed by atoms with Crippen LogP contribution in [-0.2, 0) is 0 Å². The van der Waals surface area contributed by atoms with Crippen molar-refractivity contribution in [1.29, 1.82) is 0 Å². The largest absolute Gasteiger partial charge is 0.394 e. The average Bonchev–Trinajstić information content (AvgIpc) is 2.50. The Hall–Kier alpha value is -2.28. The zero-order valence-corrected chi connectivity index (χ0v) is 12.7. The minimum Gasteiger partial charge on any atom is -0.394 e. The number of hydrazone groups is 1. The van der Waals surface area contributed by atoms with Crippen molar-refractivity contribution in [1.82, 2.24) is 5.12 Å². The van der Waals surface area contributed by atoms with Crippen molar-refractivity contribution in [3.8, 4) is 0 Å². The lowest BCUT2D eigenvalue weighted by atomic mass is 10.1. The summed E-state index contributed by atoms with van der Waals surface area (Å²) >= 11 is 5.88. The molecule has 22 heavy (non-hydrogen) atoms. The standard InChI is InChI=1S/C15H18ClN5O/c16-11-5-7-12(8-6-11)19-14-4-2-1-3-13(14)15(17)20-21(18)9-10-22/h1-8,19,22H,9-10,18H2,(H2,17,20). The summed E-state index contributed by atoms with van der Waals surface area (Å²) in [4.78, 5) is 0. The van der Waals surface area contributed by atoms with Gasteiger partial charge in [-0.15, -0.1) is 5.10 Å². The van der Waals surface area contributed by atoms with E-state index in [0.29, 0.717) is 10.6 Å². The fourth-order valence-corrected chi connectivity index (χ4v) is 1.97. The molecule has 0 saturated carbocycles. The van der Waals surface area contributed by atoms with Crippen molar-refractivity contribution < 1.29 is 5.11 Å². The molecule has 0 amide bonds. The summed E-state index contributed by atoms with van der Waals surface area (Å²) in [5.41, 5.74) is 8.38. The number of hydrazine groups is 1. The molecule has 0 radical (unpaired) electrons. The van der Waals surface area contributed by atoms with E-state index >= 15 is 0 Å². The first kappa shape index (κ1) is 16.1. The number of anilines is 2. The zero-order valence-electron chi connectivity index (χ0n) is 11.9. The second-order valence-corrected chi connectivity index (χ2v) is 4.99. The smallest absolute Gasteiger partial charge is 0.154 e. The maximum absolute atomic E-state index is 8.84. The second kappa shape index (κ2) is 7.65. The van der Waals surface area contributed by atoms with E-state index < -0.39 is 0 Å². The van der Waals surface area contributed by atoms with E-state index in [9.17, 15) is 0 Å². The predicted octanol–water partition coefficient (Wildman–Crippen LogP) is 1.87. The number of rotatable bonds is 6. The van der Waals surface area contributed by atoms with Gasteiger partial charge in [-0.3, -0.25) is 0 Å². The van der Waals surface area contributed by atoms with Gasteiger partial charge in [-0.05, 0) is 36.4 Å². The number of nitrogens with zero attached hydrogens (tertiary/aromatic N) is 2. The van der Waals surface area contributed by atoms with E-state index in [0.717, 1.165) is 16.5 Å². The average molecular weight is 320 g/mol. The monoisotopic (exact) mass is 319 g/mol. The van der Waals surface area contributed by atoms with Gasteiger partial charge in [-0.2, -0.15) is 0 Å². The molecule has 116 valence electrons. The molecule has 0 atom stereocenters. The summed E-state index contributed by atoms with van der Waals surface area (Å²) < 4.78 is 0. The Morgan fingerprint density at radius 3 is 2.55 bits per heavy atom. The summed E-state index contributed by atoms with van der Waals surface area (Å²) in [6.45, 7) is 0.103. The molecule has 6 N–H and O–H groups in total. The molecule has 0 aromatic heterocycles. The van der Waals surface area contributed by atoms with Gasteiger partial charge in [0.05, 0.1) is 13.2 Å². The summed E-state index contributed by atoms with van der Waals surface area (Å²) in [6, 6.07) is 14.8. The van der Waals surface area contributed by atoms with Crippen LogP contribution in [-0.4, -0.2) is 29.2 Å². The van der Waals surface area contributed by atoms with Crippen molar-refractivity contribution >= 4 is 28.8 Å². The Morgan fingerprint density at radius 1 is 1.18 bits per heavy atom. The minimum absolute atomic E-state index is 0.0993. The van der Waals surface area contributed by atoms with Crippen molar-refractivity contribution in [2.24, 2.45) is 16.7 Å². The van der Waals surface area contributed by atoms with Crippen molar-refractivity contribution in [3.05, 3.63) is 59.1 Å². The highest BCUT2D eigenvalue weighted by molar-refractivity contribution is 6.30. The molecule has 7 heteroatoms. The number of nitrogens with one attached hydrogen (secondary N) is 1. The highest BCUT2D eigenvalue weighted by Crippen LogP contribution is 2.22. The molecule has 2 aromatic carbocycles. The van der Waals surface area contributed by atoms with Crippen LogP contribution < -0.4 is 16.9 Å².